The first-order valence-electron chi connectivity index (χ1n) is 6.21. The number of hydrogen-bond acceptors (Lipinski definition) is 1. The average Bonchev–Trinajstić information content (AvgIpc) is 2.38. The van der Waals surface area contributed by atoms with Gasteiger partial charge in [0.2, 0.25) is 0 Å². The molecule has 0 aromatic heterocycles. The highest BCUT2D eigenvalue weighted by atomic mass is 79.9. The predicted molar refractivity (Wildman–Crippen MR) is 80.6 cm³/mol. The quantitative estimate of drug-likeness (QED) is 0.803. The van der Waals surface area contributed by atoms with Gasteiger partial charge in [0, 0.05) is 17.6 Å². The van der Waals surface area contributed by atoms with Gasteiger partial charge in [-0.05, 0) is 36.7 Å². The number of likely N-dealkylation sites (N-methyl/N-ethyl adjacent to an activating group) is 1. The average molecular weight is 304 g/mol. The maximum atomic E-state index is 3.51. The maximum Gasteiger partial charge on any atom is 0.0231 e. The molecule has 0 amide bonds. The fourth-order valence-corrected chi connectivity index (χ4v) is 2.44. The predicted octanol–water partition coefficient (Wildman–Crippen LogP) is 4.12. The zero-order valence-corrected chi connectivity index (χ0v) is 12.2. The second kappa shape index (κ2) is 6.72. The van der Waals surface area contributed by atoms with Gasteiger partial charge in [0.05, 0.1) is 0 Å². The zero-order valence-electron chi connectivity index (χ0n) is 10.6. The molecule has 0 saturated carbocycles. The monoisotopic (exact) mass is 303 g/mol. The Kier molecular flexibility index (Phi) is 4.97. The molecule has 0 radical (unpaired) electrons. The minimum Gasteiger partial charge on any atom is -0.302 e. The van der Waals surface area contributed by atoms with Crippen LogP contribution >= 0.6 is 15.9 Å². The van der Waals surface area contributed by atoms with Crippen molar-refractivity contribution in [2.75, 3.05) is 13.6 Å². The first-order chi connectivity index (χ1) is 8.74. The Bertz CT molecular complexity index is 481. The molecule has 94 valence electrons. The molecular weight excluding hydrogens is 286 g/mol. The van der Waals surface area contributed by atoms with Crippen LogP contribution < -0.4 is 0 Å². The van der Waals surface area contributed by atoms with Crippen molar-refractivity contribution < 1.29 is 0 Å². The second-order valence-corrected chi connectivity index (χ2v) is 5.52. The normalized spacial score (nSPS) is 10.8. The zero-order chi connectivity index (χ0) is 12.8. The van der Waals surface area contributed by atoms with E-state index in [-0.39, 0.29) is 0 Å². The van der Waals surface area contributed by atoms with Gasteiger partial charge in [-0.3, -0.25) is 0 Å². The van der Waals surface area contributed by atoms with Gasteiger partial charge in [-0.1, -0.05) is 58.4 Å². The summed E-state index contributed by atoms with van der Waals surface area (Å²) in [5.41, 5.74) is 2.75. The molecule has 1 nitrogen and oxygen atoms in total. The third kappa shape index (κ3) is 4.28. The Labute approximate surface area is 118 Å². The molecule has 0 aliphatic rings. The Morgan fingerprint density at radius 3 is 2.39 bits per heavy atom. The van der Waals surface area contributed by atoms with Crippen molar-refractivity contribution in [3.8, 4) is 0 Å². The third-order valence-electron chi connectivity index (χ3n) is 2.97. The lowest BCUT2D eigenvalue weighted by Gasteiger charge is -2.16. The van der Waals surface area contributed by atoms with E-state index < -0.39 is 0 Å². The molecule has 0 unspecified atom stereocenters. The summed E-state index contributed by atoms with van der Waals surface area (Å²) in [6.07, 6.45) is 1.10. The van der Waals surface area contributed by atoms with Crippen LogP contribution in [0.2, 0.25) is 0 Å². The topological polar surface area (TPSA) is 3.24 Å². The van der Waals surface area contributed by atoms with Gasteiger partial charge in [0.25, 0.3) is 0 Å². The molecule has 2 aromatic carbocycles. The third-order valence-corrected chi connectivity index (χ3v) is 3.46. The van der Waals surface area contributed by atoms with E-state index >= 15 is 0 Å². The minimum atomic E-state index is 0.992. The van der Waals surface area contributed by atoms with Gasteiger partial charge in [-0.15, -0.1) is 0 Å². The standard InChI is InChI=1S/C16H18BrN/c1-18(11-10-14-6-3-2-4-7-14)13-15-8-5-9-16(17)12-15/h2-9,12H,10-11,13H2,1H3. The summed E-state index contributed by atoms with van der Waals surface area (Å²) in [6, 6.07) is 19.1. The van der Waals surface area contributed by atoms with Crippen LogP contribution in [0.15, 0.2) is 59.1 Å². The number of benzene rings is 2. The first-order valence-corrected chi connectivity index (χ1v) is 7.00. The Morgan fingerprint density at radius 2 is 1.67 bits per heavy atom. The highest BCUT2D eigenvalue weighted by Crippen LogP contribution is 2.13. The highest BCUT2D eigenvalue weighted by molar-refractivity contribution is 9.10. The van der Waals surface area contributed by atoms with Crippen LogP contribution in [0.5, 0.6) is 0 Å². The molecule has 0 saturated heterocycles. The second-order valence-electron chi connectivity index (χ2n) is 4.60. The van der Waals surface area contributed by atoms with Crippen LogP contribution in [0.25, 0.3) is 0 Å². The largest absolute Gasteiger partial charge is 0.302 e. The summed E-state index contributed by atoms with van der Waals surface area (Å²) in [7, 11) is 2.17. The molecule has 0 atom stereocenters. The molecule has 18 heavy (non-hydrogen) atoms. The number of rotatable bonds is 5. The van der Waals surface area contributed by atoms with Gasteiger partial charge < -0.3 is 4.90 Å². The van der Waals surface area contributed by atoms with E-state index in [1.807, 2.05) is 0 Å². The summed E-state index contributed by atoms with van der Waals surface area (Å²) in [4.78, 5) is 2.36. The van der Waals surface area contributed by atoms with E-state index in [4.69, 9.17) is 0 Å². The van der Waals surface area contributed by atoms with Gasteiger partial charge in [0.1, 0.15) is 0 Å². The van der Waals surface area contributed by atoms with E-state index in [0.29, 0.717) is 0 Å². The molecule has 0 fully saturated rings. The Morgan fingerprint density at radius 1 is 0.944 bits per heavy atom. The van der Waals surface area contributed by atoms with Crippen LogP contribution in [-0.2, 0) is 13.0 Å². The van der Waals surface area contributed by atoms with E-state index in [9.17, 15) is 0 Å². The van der Waals surface area contributed by atoms with Crippen molar-refractivity contribution in [1.82, 2.24) is 4.90 Å². The SMILES string of the molecule is CN(CCc1ccccc1)Cc1cccc(Br)c1. The van der Waals surface area contributed by atoms with E-state index in [1.54, 1.807) is 0 Å². The van der Waals surface area contributed by atoms with Crippen LogP contribution in [0, 0.1) is 0 Å². The van der Waals surface area contributed by atoms with E-state index in [2.05, 4.69) is 82.5 Å². The van der Waals surface area contributed by atoms with Crippen molar-refractivity contribution >= 4 is 15.9 Å². The van der Waals surface area contributed by atoms with Crippen LogP contribution in [0.1, 0.15) is 11.1 Å². The lowest BCUT2D eigenvalue weighted by atomic mass is 10.1. The molecule has 2 heteroatoms. The van der Waals surface area contributed by atoms with Gasteiger partial charge in [0.15, 0.2) is 0 Å². The lowest BCUT2D eigenvalue weighted by Crippen LogP contribution is -2.20. The molecule has 0 bridgehead atoms. The smallest absolute Gasteiger partial charge is 0.0231 e. The van der Waals surface area contributed by atoms with E-state index in [0.717, 1.165) is 24.0 Å². The van der Waals surface area contributed by atoms with Crippen molar-refractivity contribution in [3.05, 3.63) is 70.2 Å². The van der Waals surface area contributed by atoms with Crippen molar-refractivity contribution in [2.24, 2.45) is 0 Å². The first kappa shape index (κ1) is 13.3. The molecule has 0 heterocycles. The molecule has 0 N–H and O–H groups in total. The summed E-state index contributed by atoms with van der Waals surface area (Å²) in [5.74, 6) is 0. The van der Waals surface area contributed by atoms with Crippen LogP contribution in [-0.4, -0.2) is 18.5 Å². The summed E-state index contributed by atoms with van der Waals surface area (Å²) in [6.45, 7) is 2.07. The fourth-order valence-electron chi connectivity index (χ4n) is 1.99. The van der Waals surface area contributed by atoms with Crippen molar-refractivity contribution in [3.63, 3.8) is 0 Å². The Balaban J connectivity index is 1.84. The maximum absolute atomic E-state index is 3.51. The van der Waals surface area contributed by atoms with Gasteiger partial charge in [-0.2, -0.15) is 0 Å². The number of halogens is 1. The number of hydrogen-bond donors (Lipinski definition) is 0. The molecule has 2 aromatic rings. The molecule has 0 spiro atoms. The van der Waals surface area contributed by atoms with Crippen molar-refractivity contribution in [2.45, 2.75) is 13.0 Å². The van der Waals surface area contributed by atoms with Crippen LogP contribution in [0.3, 0.4) is 0 Å². The summed E-state index contributed by atoms with van der Waals surface area (Å²) < 4.78 is 1.15. The summed E-state index contributed by atoms with van der Waals surface area (Å²) >= 11 is 3.51. The fraction of sp³-hybridized carbons (Fsp3) is 0.250. The minimum absolute atomic E-state index is 0.992. The lowest BCUT2D eigenvalue weighted by molar-refractivity contribution is 0.331. The van der Waals surface area contributed by atoms with Crippen LogP contribution in [0.4, 0.5) is 0 Å². The molecule has 0 aliphatic heterocycles. The number of nitrogens with zero attached hydrogens (tertiary/aromatic N) is 1. The molecule has 0 aliphatic carbocycles. The summed E-state index contributed by atoms with van der Waals surface area (Å²) in [5, 5.41) is 0. The van der Waals surface area contributed by atoms with Gasteiger partial charge in [-0.25, -0.2) is 0 Å². The highest BCUT2D eigenvalue weighted by Gasteiger charge is 2.01. The van der Waals surface area contributed by atoms with Gasteiger partial charge >= 0.3 is 0 Å². The van der Waals surface area contributed by atoms with E-state index in [1.165, 1.54) is 11.1 Å². The Hall–Kier alpha value is -1.12. The van der Waals surface area contributed by atoms with Crippen molar-refractivity contribution in [1.29, 1.82) is 0 Å². The molecular formula is C16H18BrN. The molecule has 2 rings (SSSR count).